The number of nitrogens with one attached hydrogen (secondary N) is 2. The molecule has 2 aromatic heterocycles. The molecule has 0 aliphatic heterocycles. The van der Waals surface area contributed by atoms with Gasteiger partial charge in [-0.05, 0) is 51.3 Å². The number of hydrogen-bond acceptors (Lipinski definition) is 3. The van der Waals surface area contributed by atoms with Crippen molar-refractivity contribution in [3.8, 4) is 0 Å². The second kappa shape index (κ2) is 11.8. The van der Waals surface area contributed by atoms with E-state index in [-0.39, 0.29) is 24.0 Å². The molecular weight excluding hydrogens is 427 g/mol. The summed E-state index contributed by atoms with van der Waals surface area (Å²) in [6.07, 6.45) is 5.61. The highest BCUT2D eigenvalue weighted by atomic mass is 127. The van der Waals surface area contributed by atoms with Crippen molar-refractivity contribution >= 4 is 29.9 Å². The standard InChI is InChI=1S/C18H28N6.HI/c1-4-20-18(22-11-8-17-7-5-9-19-14-17)21-10-6-12-24-16(3)13-15(2)23-24;/h5,7,9,13-14H,4,6,8,10-12H2,1-3H3,(H2,20,21,22);1H. The van der Waals surface area contributed by atoms with E-state index in [0.29, 0.717) is 0 Å². The molecule has 0 saturated carbocycles. The molecule has 6 nitrogen and oxygen atoms in total. The summed E-state index contributed by atoms with van der Waals surface area (Å²) in [7, 11) is 0. The molecule has 0 aliphatic rings. The quantitative estimate of drug-likeness (QED) is 0.278. The van der Waals surface area contributed by atoms with Crippen LogP contribution in [0.4, 0.5) is 0 Å². The van der Waals surface area contributed by atoms with Crippen LogP contribution in [0.3, 0.4) is 0 Å². The number of halogens is 1. The number of pyridine rings is 1. The van der Waals surface area contributed by atoms with Crippen LogP contribution in [0.5, 0.6) is 0 Å². The van der Waals surface area contributed by atoms with Crippen LogP contribution < -0.4 is 10.6 Å². The topological polar surface area (TPSA) is 67.1 Å². The number of aryl methyl sites for hydroxylation is 3. The van der Waals surface area contributed by atoms with Gasteiger partial charge >= 0.3 is 0 Å². The molecule has 0 saturated heterocycles. The summed E-state index contributed by atoms with van der Waals surface area (Å²) in [5.74, 6) is 0.870. The lowest BCUT2D eigenvalue weighted by molar-refractivity contribution is 0.567. The van der Waals surface area contributed by atoms with Crippen LogP contribution in [-0.4, -0.2) is 40.4 Å². The molecule has 0 unspecified atom stereocenters. The Kier molecular flexibility index (Phi) is 10.1. The number of guanidine groups is 1. The zero-order chi connectivity index (χ0) is 17.2. The number of aliphatic imine (C=N–C) groups is 1. The minimum atomic E-state index is 0. The Labute approximate surface area is 167 Å². The Bertz CT molecular complexity index is 638. The SMILES string of the molecule is CCNC(=NCCCn1nc(C)cc1C)NCCc1cccnc1.I. The fourth-order valence-corrected chi connectivity index (χ4v) is 2.53. The highest BCUT2D eigenvalue weighted by Crippen LogP contribution is 2.02. The van der Waals surface area contributed by atoms with E-state index in [0.717, 1.165) is 50.7 Å². The van der Waals surface area contributed by atoms with Gasteiger partial charge < -0.3 is 10.6 Å². The van der Waals surface area contributed by atoms with E-state index in [1.165, 1.54) is 11.3 Å². The molecule has 0 aliphatic carbocycles. The van der Waals surface area contributed by atoms with Crippen molar-refractivity contribution in [2.45, 2.75) is 40.2 Å². The second-order valence-corrected chi connectivity index (χ2v) is 5.80. The van der Waals surface area contributed by atoms with E-state index >= 15 is 0 Å². The Balaban J connectivity index is 0.00000312. The lowest BCUT2D eigenvalue weighted by atomic mass is 10.2. The first-order valence-electron chi connectivity index (χ1n) is 8.61. The van der Waals surface area contributed by atoms with E-state index in [2.05, 4.69) is 51.7 Å². The van der Waals surface area contributed by atoms with Gasteiger partial charge in [-0.25, -0.2) is 0 Å². The summed E-state index contributed by atoms with van der Waals surface area (Å²) in [6, 6.07) is 6.16. The molecule has 2 rings (SSSR count). The molecule has 0 spiro atoms. The van der Waals surface area contributed by atoms with Crippen LogP contribution in [0, 0.1) is 13.8 Å². The van der Waals surface area contributed by atoms with Crippen LogP contribution >= 0.6 is 24.0 Å². The maximum Gasteiger partial charge on any atom is 0.191 e. The number of nitrogens with zero attached hydrogens (tertiary/aromatic N) is 4. The van der Waals surface area contributed by atoms with Crippen molar-refractivity contribution in [1.82, 2.24) is 25.4 Å². The largest absolute Gasteiger partial charge is 0.357 e. The van der Waals surface area contributed by atoms with E-state index in [4.69, 9.17) is 0 Å². The van der Waals surface area contributed by atoms with Gasteiger partial charge in [0.05, 0.1) is 5.69 Å². The van der Waals surface area contributed by atoms with Crippen molar-refractivity contribution in [2.75, 3.05) is 19.6 Å². The minimum absolute atomic E-state index is 0. The molecule has 0 aromatic carbocycles. The lowest BCUT2D eigenvalue weighted by Gasteiger charge is -2.11. The molecule has 0 atom stereocenters. The highest BCUT2D eigenvalue weighted by molar-refractivity contribution is 14.0. The molecule has 2 heterocycles. The molecule has 0 radical (unpaired) electrons. The van der Waals surface area contributed by atoms with Crippen LogP contribution in [0.2, 0.25) is 0 Å². The Hall–Kier alpha value is -1.64. The van der Waals surface area contributed by atoms with E-state index in [1.54, 1.807) is 6.20 Å². The van der Waals surface area contributed by atoms with Crippen LogP contribution in [0.25, 0.3) is 0 Å². The zero-order valence-electron chi connectivity index (χ0n) is 15.3. The summed E-state index contributed by atoms with van der Waals surface area (Å²) in [5.41, 5.74) is 3.50. The van der Waals surface area contributed by atoms with E-state index < -0.39 is 0 Å². The number of aromatic nitrogens is 3. The van der Waals surface area contributed by atoms with Crippen LogP contribution in [0.15, 0.2) is 35.6 Å². The molecular formula is C18H29IN6. The summed E-state index contributed by atoms with van der Waals surface area (Å²) < 4.78 is 2.05. The molecule has 0 fully saturated rings. The highest BCUT2D eigenvalue weighted by Gasteiger charge is 2.01. The summed E-state index contributed by atoms with van der Waals surface area (Å²) >= 11 is 0. The van der Waals surface area contributed by atoms with Gasteiger partial charge in [0, 0.05) is 44.3 Å². The summed E-state index contributed by atoms with van der Waals surface area (Å²) in [6.45, 7) is 9.57. The fourth-order valence-electron chi connectivity index (χ4n) is 2.53. The van der Waals surface area contributed by atoms with Crippen molar-refractivity contribution in [3.05, 3.63) is 47.5 Å². The molecule has 7 heteroatoms. The van der Waals surface area contributed by atoms with Gasteiger partial charge in [-0.1, -0.05) is 6.07 Å². The van der Waals surface area contributed by atoms with Gasteiger partial charge in [0.15, 0.2) is 5.96 Å². The van der Waals surface area contributed by atoms with Gasteiger partial charge in [0.2, 0.25) is 0 Å². The maximum absolute atomic E-state index is 4.63. The maximum atomic E-state index is 4.63. The van der Waals surface area contributed by atoms with Crippen molar-refractivity contribution in [3.63, 3.8) is 0 Å². The molecule has 2 aromatic rings. The number of rotatable bonds is 8. The van der Waals surface area contributed by atoms with Gasteiger partial charge in [-0.15, -0.1) is 24.0 Å². The molecule has 138 valence electrons. The van der Waals surface area contributed by atoms with Gasteiger partial charge in [-0.2, -0.15) is 5.10 Å². The smallest absolute Gasteiger partial charge is 0.191 e. The predicted molar refractivity (Wildman–Crippen MR) is 114 cm³/mol. The molecule has 0 bridgehead atoms. The third-order valence-corrected chi connectivity index (χ3v) is 3.67. The summed E-state index contributed by atoms with van der Waals surface area (Å²) in [5, 5.41) is 11.1. The Morgan fingerprint density at radius 1 is 1.28 bits per heavy atom. The first-order valence-corrected chi connectivity index (χ1v) is 8.61. The normalized spacial score (nSPS) is 11.1. The average Bonchev–Trinajstić information content (AvgIpc) is 2.90. The second-order valence-electron chi connectivity index (χ2n) is 5.80. The third-order valence-electron chi connectivity index (χ3n) is 3.67. The average molecular weight is 456 g/mol. The minimum Gasteiger partial charge on any atom is -0.357 e. The monoisotopic (exact) mass is 456 g/mol. The van der Waals surface area contributed by atoms with E-state index in [1.807, 2.05) is 23.9 Å². The summed E-state index contributed by atoms with van der Waals surface area (Å²) in [4.78, 5) is 8.77. The molecule has 2 N–H and O–H groups in total. The van der Waals surface area contributed by atoms with Gasteiger partial charge in [0.25, 0.3) is 0 Å². The van der Waals surface area contributed by atoms with Crippen molar-refractivity contribution in [1.29, 1.82) is 0 Å². The van der Waals surface area contributed by atoms with E-state index in [9.17, 15) is 0 Å². The molecule has 25 heavy (non-hydrogen) atoms. The number of hydrogen-bond donors (Lipinski definition) is 2. The zero-order valence-corrected chi connectivity index (χ0v) is 17.7. The van der Waals surface area contributed by atoms with Crippen LogP contribution in [0.1, 0.15) is 30.3 Å². The van der Waals surface area contributed by atoms with Crippen molar-refractivity contribution in [2.24, 2.45) is 4.99 Å². The fraction of sp³-hybridized carbons (Fsp3) is 0.500. The first-order chi connectivity index (χ1) is 11.7. The first kappa shape index (κ1) is 21.4. The van der Waals surface area contributed by atoms with Crippen molar-refractivity contribution < 1.29 is 0 Å². The third kappa shape index (κ3) is 7.85. The molecule has 0 amide bonds. The van der Waals surface area contributed by atoms with Gasteiger partial charge in [-0.3, -0.25) is 14.7 Å². The van der Waals surface area contributed by atoms with Crippen LogP contribution in [-0.2, 0) is 13.0 Å². The Morgan fingerprint density at radius 3 is 2.76 bits per heavy atom. The Morgan fingerprint density at radius 2 is 2.12 bits per heavy atom. The lowest BCUT2D eigenvalue weighted by Crippen LogP contribution is -2.38. The van der Waals surface area contributed by atoms with Gasteiger partial charge in [0.1, 0.15) is 0 Å². The predicted octanol–water partition coefficient (Wildman–Crippen LogP) is 2.70.